The number of benzene rings is 1. The Morgan fingerprint density at radius 3 is 2.29 bits per heavy atom. The van der Waals surface area contributed by atoms with Crippen molar-refractivity contribution in [3.8, 4) is 0 Å². The first-order valence-corrected chi connectivity index (χ1v) is 5.97. The third-order valence-corrected chi connectivity index (χ3v) is 4.21. The fraction of sp³-hybridized carbons (Fsp3) is 0.538. The summed E-state index contributed by atoms with van der Waals surface area (Å²) in [6.07, 6.45) is 3.23. The summed E-state index contributed by atoms with van der Waals surface area (Å²) in [6, 6.07) is 1.70. The van der Waals surface area contributed by atoms with Crippen LogP contribution in [0.5, 0.6) is 0 Å². The van der Waals surface area contributed by atoms with Gasteiger partial charge >= 0.3 is 0 Å². The van der Waals surface area contributed by atoms with Gasteiger partial charge in [0.05, 0.1) is 0 Å². The molecule has 0 spiro atoms. The average Bonchev–Trinajstić information content (AvgIpc) is 2.93. The standard InChI is InChI=1S/C13H14F3N/c14-10-2-1-9(11(15)12(10)16)13(17)8-4-6-3-7(6)5-8/h1-2,6-8,13H,3-5,17H2. The lowest BCUT2D eigenvalue weighted by Gasteiger charge is -2.21. The lowest BCUT2D eigenvalue weighted by Crippen LogP contribution is -2.22. The van der Waals surface area contributed by atoms with E-state index in [4.69, 9.17) is 5.73 Å². The van der Waals surface area contributed by atoms with Gasteiger partial charge in [0.1, 0.15) is 0 Å². The molecule has 4 heteroatoms. The molecular weight excluding hydrogens is 227 g/mol. The first-order chi connectivity index (χ1) is 8.08. The first kappa shape index (κ1) is 11.1. The third kappa shape index (κ3) is 1.75. The molecule has 0 radical (unpaired) electrons. The molecule has 2 fully saturated rings. The van der Waals surface area contributed by atoms with Crippen molar-refractivity contribution in [3.05, 3.63) is 35.1 Å². The molecule has 2 saturated carbocycles. The monoisotopic (exact) mass is 241 g/mol. The number of hydrogen-bond donors (Lipinski definition) is 1. The van der Waals surface area contributed by atoms with Crippen LogP contribution >= 0.6 is 0 Å². The molecule has 3 rings (SSSR count). The molecule has 1 aromatic rings. The highest BCUT2D eigenvalue weighted by Gasteiger charge is 2.47. The van der Waals surface area contributed by atoms with Crippen LogP contribution in [-0.2, 0) is 0 Å². The number of hydrogen-bond acceptors (Lipinski definition) is 1. The van der Waals surface area contributed by atoms with Crippen LogP contribution in [0.2, 0.25) is 0 Å². The zero-order valence-electron chi connectivity index (χ0n) is 9.30. The zero-order valence-corrected chi connectivity index (χ0v) is 9.30. The average molecular weight is 241 g/mol. The maximum Gasteiger partial charge on any atom is 0.194 e. The summed E-state index contributed by atoms with van der Waals surface area (Å²) in [5.41, 5.74) is 6.08. The Morgan fingerprint density at radius 2 is 1.65 bits per heavy atom. The molecule has 0 heterocycles. The molecule has 2 N–H and O–H groups in total. The van der Waals surface area contributed by atoms with E-state index in [1.807, 2.05) is 0 Å². The van der Waals surface area contributed by atoms with Crippen LogP contribution in [0.15, 0.2) is 12.1 Å². The minimum Gasteiger partial charge on any atom is -0.324 e. The molecule has 1 nitrogen and oxygen atoms in total. The Hall–Kier alpha value is -1.03. The number of halogens is 3. The Kier molecular flexibility index (Phi) is 2.43. The maximum atomic E-state index is 13.6. The van der Waals surface area contributed by atoms with Crippen molar-refractivity contribution in [1.29, 1.82) is 0 Å². The van der Waals surface area contributed by atoms with Gasteiger partial charge in [0, 0.05) is 11.6 Å². The van der Waals surface area contributed by atoms with Crippen LogP contribution in [0, 0.1) is 35.2 Å². The molecular formula is C13H14F3N. The lowest BCUT2D eigenvalue weighted by molar-refractivity contribution is 0.378. The molecule has 2 aliphatic rings. The van der Waals surface area contributed by atoms with Gasteiger partial charge in [-0.05, 0) is 43.1 Å². The third-order valence-electron chi connectivity index (χ3n) is 4.21. The van der Waals surface area contributed by atoms with Gasteiger partial charge in [-0.3, -0.25) is 0 Å². The van der Waals surface area contributed by atoms with Crippen LogP contribution in [0.4, 0.5) is 13.2 Å². The minimum absolute atomic E-state index is 0.107. The largest absolute Gasteiger partial charge is 0.324 e. The van der Waals surface area contributed by atoms with E-state index in [2.05, 4.69) is 0 Å². The summed E-state index contributed by atoms with van der Waals surface area (Å²) in [5.74, 6) is -2.02. The summed E-state index contributed by atoms with van der Waals surface area (Å²) >= 11 is 0. The van der Waals surface area contributed by atoms with Crippen LogP contribution in [0.3, 0.4) is 0 Å². The quantitative estimate of drug-likeness (QED) is 0.791. The van der Waals surface area contributed by atoms with Gasteiger partial charge in [0.25, 0.3) is 0 Å². The first-order valence-electron chi connectivity index (χ1n) is 5.97. The Morgan fingerprint density at radius 1 is 1.00 bits per heavy atom. The van der Waals surface area contributed by atoms with Gasteiger partial charge in [-0.1, -0.05) is 6.07 Å². The highest BCUT2D eigenvalue weighted by molar-refractivity contribution is 5.24. The van der Waals surface area contributed by atoms with Crippen molar-refractivity contribution in [1.82, 2.24) is 0 Å². The molecule has 3 unspecified atom stereocenters. The van der Waals surface area contributed by atoms with E-state index in [1.165, 1.54) is 12.5 Å². The molecule has 1 aromatic carbocycles. The Labute approximate surface area is 97.8 Å². The number of nitrogens with two attached hydrogens (primary N) is 1. The number of rotatable bonds is 2. The molecule has 17 heavy (non-hydrogen) atoms. The van der Waals surface area contributed by atoms with E-state index >= 15 is 0 Å². The molecule has 2 aliphatic carbocycles. The van der Waals surface area contributed by atoms with Crippen molar-refractivity contribution < 1.29 is 13.2 Å². The zero-order chi connectivity index (χ0) is 12.2. The molecule has 0 amide bonds. The molecule has 0 saturated heterocycles. The van der Waals surface area contributed by atoms with E-state index in [-0.39, 0.29) is 11.5 Å². The van der Waals surface area contributed by atoms with Gasteiger partial charge in [-0.15, -0.1) is 0 Å². The van der Waals surface area contributed by atoms with E-state index < -0.39 is 23.5 Å². The molecule has 0 bridgehead atoms. The van der Waals surface area contributed by atoms with Gasteiger partial charge < -0.3 is 5.73 Å². The van der Waals surface area contributed by atoms with Gasteiger partial charge in [-0.2, -0.15) is 0 Å². The lowest BCUT2D eigenvalue weighted by atomic mass is 9.89. The fourth-order valence-corrected chi connectivity index (χ4v) is 3.11. The summed E-state index contributed by atoms with van der Waals surface area (Å²) in [5, 5.41) is 0. The van der Waals surface area contributed by atoms with Crippen LogP contribution in [0.1, 0.15) is 30.9 Å². The van der Waals surface area contributed by atoms with E-state index in [0.29, 0.717) is 0 Å². The summed E-state index contributed by atoms with van der Waals surface area (Å²) in [7, 11) is 0. The van der Waals surface area contributed by atoms with Crippen molar-refractivity contribution in [2.45, 2.75) is 25.3 Å². The van der Waals surface area contributed by atoms with Gasteiger partial charge in [0.15, 0.2) is 17.5 Å². The second-order valence-electron chi connectivity index (χ2n) is 5.28. The second kappa shape index (κ2) is 3.73. The minimum atomic E-state index is -1.42. The molecule has 0 aliphatic heterocycles. The van der Waals surface area contributed by atoms with Crippen molar-refractivity contribution in [2.75, 3.05) is 0 Å². The fourth-order valence-electron chi connectivity index (χ4n) is 3.11. The predicted molar refractivity (Wildman–Crippen MR) is 57.6 cm³/mol. The summed E-state index contributed by atoms with van der Waals surface area (Å²) in [6.45, 7) is 0. The van der Waals surface area contributed by atoms with Crippen LogP contribution in [-0.4, -0.2) is 0 Å². The smallest absolute Gasteiger partial charge is 0.194 e. The molecule has 3 atom stereocenters. The maximum absolute atomic E-state index is 13.6. The van der Waals surface area contributed by atoms with Crippen molar-refractivity contribution in [2.24, 2.45) is 23.5 Å². The van der Waals surface area contributed by atoms with E-state index in [0.717, 1.165) is 30.7 Å². The van der Waals surface area contributed by atoms with Crippen LogP contribution in [0.25, 0.3) is 0 Å². The van der Waals surface area contributed by atoms with E-state index in [9.17, 15) is 13.2 Å². The van der Waals surface area contributed by atoms with Gasteiger partial charge in [0.2, 0.25) is 0 Å². The highest BCUT2D eigenvalue weighted by Crippen LogP contribution is 2.56. The van der Waals surface area contributed by atoms with Crippen molar-refractivity contribution in [3.63, 3.8) is 0 Å². The highest BCUT2D eigenvalue weighted by atomic mass is 19.2. The SMILES string of the molecule is NC(c1ccc(F)c(F)c1F)C1CC2CC2C1. The Bertz CT molecular complexity index is 450. The Balaban J connectivity index is 1.85. The second-order valence-corrected chi connectivity index (χ2v) is 5.28. The number of fused-ring (bicyclic) bond motifs is 1. The predicted octanol–water partition coefficient (Wildman–Crippen LogP) is 3.15. The van der Waals surface area contributed by atoms with Gasteiger partial charge in [-0.25, -0.2) is 13.2 Å². The molecule has 0 aromatic heterocycles. The normalized spacial score (nSPS) is 32.4. The van der Waals surface area contributed by atoms with Crippen molar-refractivity contribution >= 4 is 0 Å². The molecule has 92 valence electrons. The van der Waals surface area contributed by atoms with E-state index in [1.54, 1.807) is 0 Å². The topological polar surface area (TPSA) is 26.0 Å². The summed E-state index contributed by atoms with van der Waals surface area (Å²) in [4.78, 5) is 0. The summed E-state index contributed by atoms with van der Waals surface area (Å²) < 4.78 is 39.5. The van der Waals surface area contributed by atoms with Crippen LogP contribution < -0.4 is 5.73 Å².